The smallest absolute Gasteiger partial charge is 0.303 e. The number of thiol groups is 2. The molecule has 0 aliphatic carbocycles. The van der Waals surface area contributed by atoms with Gasteiger partial charge in [-0.25, -0.2) is 4.98 Å². The molecule has 37 nitrogen and oxygen atoms in total. The van der Waals surface area contributed by atoms with E-state index in [0.29, 0.717) is 44.1 Å². The first-order valence-electron chi connectivity index (χ1n) is 34.8. The second-order valence-electron chi connectivity index (χ2n) is 26.0. The number of aliphatic hydroxyl groups excluding tert-OH is 3. The summed E-state index contributed by atoms with van der Waals surface area (Å²) in [5.41, 5.74) is 8.33. The van der Waals surface area contributed by atoms with E-state index in [9.17, 15) is 88.2 Å². The number of amides is 13. The van der Waals surface area contributed by atoms with Gasteiger partial charge in [-0.1, -0.05) is 60.7 Å². The van der Waals surface area contributed by atoms with Crippen LogP contribution < -0.4 is 69.5 Å². The molecule has 3 aromatic heterocycles. The molecular formula is C72H89N17O20S2. The molecule has 23 N–H and O–H groups in total. The number of primary amides is 1. The average molecular weight is 1580 g/mol. The van der Waals surface area contributed by atoms with Crippen LogP contribution in [0.4, 0.5) is 0 Å². The van der Waals surface area contributed by atoms with Gasteiger partial charge in [-0.05, 0) is 78.9 Å². The third kappa shape index (κ3) is 25.8. The van der Waals surface area contributed by atoms with Gasteiger partial charge in [-0.2, -0.15) is 25.3 Å². The molecule has 0 spiro atoms. The summed E-state index contributed by atoms with van der Waals surface area (Å²) in [5.74, 6) is -16.0. The molecule has 0 aliphatic rings. The van der Waals surface area contributed by atoms with Crippen molar-refractivity contribution in [1.82, 2.24) is 83.7 Å². The summed E-state index contributed by atoms with van der Waals surface area (Å²) in [5, 5.41) is 92.6. The van der Waals surface area contributed by atoms with E-state index in [2.05, 4.69) is 109 Å². The predicted molar refractivity (Wildman–Crippen MR) is 404 cm³/mol. The highest BCUT2D eigenvalue weighted by Crippen LogP contribution is 2.23. The van der Waals surface area contributed by atoms with Gasteiger partial charge in [0.15, 0.2) is 0 Å². The lowest BCUT2D eigenvalue weighted by Gasteiger charge is -2.29. The third-order valence-corrected chi connectivity index (χ3v) is 18.2. The molecule has 4 aromatic carbocycles. The number of nitrogens with two attached hydrogens (primary N) is 1. The fraction of sp³-hybridized carbons (Fsp3) is 0.375. The van der Waals surface area contributed by atoms with Crippen LogP contribution in [-0.4, -0.2) is 237 Å². The summed E-state index contributed by atoms with van der Waals surface area (Å²) in [6, 6.07) is 6.07. The summed E-state index contributed by atoms with van der Waals surface area (Å²) >= 11 is 8.38. The number of imidazole rings is 1. The van der Waals surface area contributed by atoms with E-state index in [0.717, 1.165) is 20.8 Å². The van der Waals surface area contributed by atoms with Gasteiger partial charge in [0.1, 0.15) is 78.0 Å². The van der Waals surface area contributed by atoms with Crippen LogP contribution in [0.15, 0.2) is 122 Å². The van der Waals surface area contributed by atoms with Gasteiger partial charge in [0, 0.05) is 103 Å². The predicted octanol–water partition coefficient (Wildman–Crippen LogP) is -4.27. The van der Waals surface area contributed by atoms with E-state index < -0.39 is 200 Å². The van der Waals surface area contributed by atoms with E-state index in [1.165, 1.54) is 67.3 Å². The highest BCUT2D eigenvalue weighted by atomic mass is 32.1. The van der Waals surface area contributed by atoms with E-state index >= 15 is 9.59 Å². The number of H-pyrrole nitrogens is 3. The van der Waals surface area contributed by atoms with Crippen molar-refractivity contribution in [3.05, 3.63) is 150 Å². The van der Waals surface area contributed by atoms with E-state index in [-0.39, 0.29) is 48.6 Å². The first kappa shape index (κ1) is 86.2. The fourth-order valence-electron chi connectivity index (χ4n) is 11.6. The Labute approximate surface area is 644 Å². The van der Waals surface area contributed by atoms with Crippen molar-refractivity contribution in [2.45, 2.75) is 144 Å². The van der Waals surface area contributed by atoms with Gasteiger partial charge in [-0.3, -0.25) is 67.1 Å². The Morgan fingerprint density at radius 2 is 0.820 bits per heavy atom. The van der Waals surface area contributed by atoms with E-state index in [1.807, 2.05) is 0 Å². The van der Waals surface area contributed by atoms with E-state index in [1.54, 1.807) is 54.7 Å². The number of aromatic amines is 3. The second kappa shape index (κ2) is 41.5. The Morgan fingerprint density at radius 3 is 1.23 bits per heavy atom. The summed E-state index contributed by atoms with van der Waals surface area (Å²) in [6.45, 7) is 1.72. The summed E-state index contributed by atoms with van der Waals surface area (Å²) in [7, 11) is 0. The molecule has 13 amide bonds. The molecule has 0 aliphatic heterocycles. The number of aromatic nitrogens is 4. The molecule has 0 bridgehead atoms. The molecule has 0 saturated carbocycles. The Kier molecular flexibility index (Phi) is 32.2. The van der Waals surface area contributed by atoms with Gasteiger partial charge >= 0.3 is 5.97 Å². The zero-order chi connectivity index (χ0) is 81.2. The van der Waals surface area contributed by atoms with Gasteiger partial charge in [0.25, 0.3) is 0 Å². The van der Waals surface area contributed by atoms with Gasteiger partial charge in [0.05, 0.1) is 31.7 Å². The Morgan fingerprint density at radius 1 is 0.450 bits per heavy atom. The molecule has 7 rings (SSSR count). The van der Waals surface area contributed by atoms with Crippen LogP contribution in [0.3, 0.4) is 0 Å². The van der Waals surface area contributed by atoms with Crippen LogP contribution in [-0.2, 0) is 99.2 Å². The maximum Gasteiger partial charge on any atom is 0.303 e. The number of phenols is 2. The van der Waals surface area contributed by atoms with Crippen LogP contribution in [0.2, 0.25) is 0 Å². The third-order valence-electron chi connectivity index (χ3n) is 17.4. The quantitative estimate of drug-likeness (QED) is 0.0161. The number of aliphatic hydroxyl groups is 3. The summed E-state index contributed by atoms with van der Waals surface area (Å²) < 4.78 is 0. The maximum absolute atomic E-state index is 15.2. The molecule has 39 heteroatoms. The van der Waals surface area contributed by atoms with E-state index in [4.69, 9.17) is 5.73 Å². The van der Waals surface area contributed by atoms with Crippen molar-refractivity contribution < 1.29 is 97.8 Å². The SMILES string of the molecule is CC(=O)N[C@@H](CS)C(=O)N[C@@H](CO)C(=O)N[C@H](C(=O)N[C@@H](Cc1c[nH]c2ccccc12)C(=O)N[C@@H](CCC(=O)O)C(=O)N[C@@H](CS)C(=O)N[C@@H](Cc1ccc(O)cc1)C(=O)N[C@@H](Cc1c[nH]c2ccccc12)C(=O)N[C@@H](Cc1cnc[nH]1)C(=O)N[C@H](C(=O)N[C@@H](Cc1ccc(O)cc1)C(=O)NCC(N)=O)[C@@H](C)O)[C@@H](C)O. The fourth-order valence-corrected chi connectivity index (χ4v) is 12.1. The van der Waals surface area contributed by atoms with Crippen molar-refractivity contribution in [2.24, 2.45) is 5.73 Å². The van der Waals surface area contributed by atoms with Gasteiger partial charge in [-0.15, -0.1) is 0 Å². The number of fused-ring (bicyclic) bond motifs is 2. The topological polar surface area (TPSA) is 591 Å². The molecule has 7 aromatic rings. The van der Waals surface area contributed by atoms with Crippen LogP contribution in [0.1, 0.15) is 61.6 Å². The number of benzene rings is 4. The normalized spacial score (nSPS) is 14.7. The van der Waals surface area contributed by atoms with Crippen LogP contribution in [0, 0.1) is 0 Å². The maximum atomic E-state index is 15.2. The summed E-state index contributed by atoms with van der Waals surface area (Å²) in [4.78, 5) is 206. The standard InChI is InChI=1S/C72H89N17O20S2/c1-35(91)60(71(108)84-50(62(99)77-30-58(73)96)22-38-12-16-43(94)17-13-38)88-67(104)54(26-42-29-74-34-78-42)83-66(103)52(24-40-27-75-47-10-6-4-8-45(40)47)82-64(101)51(23-39-14-18-44(95)19-15-39)81-70(107)57(33-111)87-63(100)49(20-21-59(97)98)80-65(102)53(25-41-28-76-48-11-7-5-9-46(41)48)85-72(109)61(36(2)92)89-68(105)55(31-90)86-69(106)56(32-110)79-37(3)93/h4-19,27-29,34-36,49-57,60-61,75-76,90-92,94-95,110-111H,20-26,30-33H2,1-3H3,(H2,73,96)(H,74,78)(H,77,99)(H,79,93)(H,80,102)(H,81,107)(H,82,101)(H,83,103)(H,84,108)(H,85,109)(H,86,106)(H,87,100)(H,88,104)(H,89,105)(H,97,98)/t35-,36-,49+,50+,51+,52+,53+,54+,55+,56+,57+,60+,61+/m1/s1. The average Bonchev–Trinajstić information content (AvgIpc) is 1.71. The Hall–Kier alpha value is -12.1. The van der Waals surface area contributed by atoms with Crippen LogP contribution in [0.5, 0.6) is 11.5 Å². The number of nitrogens with one attached hydrogen (secondary N) is 15. The number of carbonyl (C=O) groups is 14. The lowest BCUT2D eigenvalue weighted by molar-refractivity contribution is -0.139. The zero-order valence-electron chi connectivity index (χ0n) is 60.1. The minimum absolute atomic E-state index is 0.107. The number of nitrogens with zero attached hydrogens (tertiary/aromatic N) is 1. The minimum Gasteiger partial charge on any atom is -0.508 e. The highest BCUT2D eigenvalue weighted by Gasteiger charge is 2.39. The lowest BCUT2D eigenvalue weighted by Crippen LogP contribution is -2.63. The number of hydrogen-bond acceptors (Lipinski definition) is 22. The number of para-hydroxylation sites is 2. The van der Waals surface area contributed by atoms with Crippen molar-refractivity contribution >= 4 is 130 Å². The molecule has 0 unspecified atom stereocenters. The Bertz CT molecular complexity index is 4450. The van der Waals surface area contributed by atoms with Crippen molar-refractivity contribution in [3.63, 3.8) is 0 Å². The molecule has 111 heavy (non-hydrogen) atoms. The molecule has 13 atom stereocenters. The molecule has 0 fully saturated rings. The minimum atomic E-state index is -1.92. The number of carboxylic acid groups (broad SMARTS) is 1. The first-order valence-corrected chi connectivity index (χ1v) is 36.0. The van der Waals surface area contributed by atoms with Crippen molar-refractivity contribution in [3.8, 4) is 11.5 Å². The van der Waals surface area contributed by atoms with Crippen molar-refractivity contribution in [2.75, 3.05) is 24.7 Å². The number of phenolic OH excluding ortho intramolecular Hbond substituents is 2. The number of aliphatic carboxylic acids is 1. The molecule has 0 saturated heterocycles. The summed E-state index contributed by atoms with van der Waals surface area (Å²) in [6.07, 6.45) is -0.870. The van der Waals surface area contributed by atoms with Gasteiger partial charge in [0.2, 0.25) is 76.8 Å². The number of carboxylic acids is 1. The second-order valence-corrected chi connectivity index (χ2v) is 26.7. The van der Waals surface area contributed by atoms with Crippen LogP contribution >= 0.6 is 25.3 Å². The number of rotatable bonds is 42. The number of carbonyl (C=O) groups excluding carboxylic acids is 13. The Balaban J connectivity index is 1.15. The molecular weight excluding hydrogens is 1490 g/mol. The highest BCUT2D eigenvalue weighted by molar-refractivity contribution is 7.80. The molecule has 594 valence electrons. The first-order chi connectivity index (χ1) is 52.8. The number of hydrogen-bond donors (Lipinski definition) is 24. The monoisotopic (exact) mass is 1580 g/mol. The molecule has 3 heterocycles. The van der Waals surface area contributed by atoms with Crippen molar-refractivity contribution in [1.29, 1.82) is 0 Å². The largest absolute Gasteiger partial charge is 0.508 e. The van der Waals surface area contributed by atoms with Gasteiger partial charge < -0.3 is 115 Å². The lowest BCUT2D eigenvalue weighted by atomic mass is 10.0. The molecule has 0 radical (unpaired) electrons. The number of aromatic hydroxyl groups is 2. The van der Waals surface area contributed by atoms with Crippen LogP contribution in [0.25, 0.3) is 21.8 Å². The zero-order valence-corrected chi connectivity index (χ0v) is 61.9.